The summed E-state index contributed by atoms with van der Waals surface area (Å²) in [6, 6.07) is 12.0. The quantitative estimate of drug-likeness (QED) is 0.535. The maximum atomic E-state index is 11.9. The van der Waals surface area contributed by atoms with Gasteiger partial charge in [0.25, 0.3) is 5.91 Å². The second-order valence-electron chi connectivity index (χ2n) is 5.35. The van der Waals surface area contributed by atoms with Crippen molar-refractivity contribution in [1.29, 1.82) is 0 Å². The average molecular weight is 417 g/mol. The van der Waals surface area contributed by atoms with Crippen LogP contribution < -0.4 is 10.1 Å². The molecular weight excluding hydrogens is 401 g/mol. The molecule has 2 rings (SSSR count). The van der Waals surface area contributed by atoms with Crippen LogP contribution in [0.4, 0.5) is 0 Å². The van der Waals surface area contributed by atoms with E-state index in [0.717, 1.165) is 5.56 Å². The lowest BCUT2D eigenvalue weighted by Crippen LogP contribution is -2.31. The van der Waals surface area contributed by atoms with Gasteiger partial charge in [-0.2, -0.15) is 0 Å². The van der Waals surface area contributed by atoms with Gasteiger partial charge in [0, 0.05) is 6.07 Å². The Kier molecular flexibility index (Phi) is 7.57. The number of amides is 1. The molecule has 0 saturated carbocycles. The van der Waals surface area contributed by atoms with Crippen LogP contribution in [0.15, 0.2) is 42.5 Å². The minimum atomic E-state index is -0.713. The Labute approximate surface area is 166 Å². The highest BCUT2D eigenvalue weighted by molar-refractivity contribution is 6.43. The first kappa shape index (κ1) is 20.4. The molecule has 1 atom stereocenters. The van der Waals surface area contributed by atoms with E-state index in [1.807, 2.05) is 37.3 Å². The van der Waals surface area contributed by atoms with Gasteiger partial charge in [-0.1, -0.05) is 65.1 Å². The molecule has 0 radical (unpaired) electrons. The Morgan fingerprint density at radius 2 is 1.65 bits per heavy atom. The zero-order chi connectivity index (χ0) is 19.1. The van der Waals surface area contributed by atoms with Gasteiger partial charge in [-0.25, -0.2) is 4.79 Å². The topological polar surface area (TPSA) is 64.6 Å². The van der Waals surface area contributed by atoms with E-state index in [4.69, 9.17) is 44.3 Å². The van der Waals surface area contributed by atoms with E-state index in [1.54, 1.807) is 0 Å². The van der Waals surface area contributed by atoms with Crippen LogP contribution in [-0.2, 0) is 14.3 Å². The number of esters is 1. The van der Waals surface area contributed by atoms with Crippen molar-refractivity contribution < 1.29 is 19.1 Å². The molecule has 2 aromatic rings. The maximum absolute atomic E-state index is 11.9. The van der Waals surface area contributed by atoms with Crippen LogP contribution in [0.2, 0.25) is 15.1 Å². The lowest BCUT2D eigenvalue weighted by atomic mass is 10.1. The summed E-state index contributed by atoms with van der Waals surface area (Å²) in [6.45, 7) is 1.01. The molecule has 0 aliphatic carbocycles. The van der Waals surface area contributed by atoms with Gasteiger partial charge in [-0.05, 0) is 18.6 Å². The summed E-state index contributed by atoms with van der Waals surface area (Å²) in [5.41, 5.74) is 0.949. The summed E-state index contributed by atoms with van der Waals surface area (Å²) in [4.78, 5) is 23.6. The van der Waals surface area contributed by atoms with Crippen molar-refractivity contribution in [2.75, 3.05) is 13.2 Å². The summed E-state index contributed by atoms with van der Waals surface area (Å²) >= 11 is 17.6. The van der Waals surface area contributed by atoms with Crippen LogP contribution in [0.5, 0.6) is 5.75 Å². The van der Waals surface area contributed by atoms with Crippen molar-refractivity contribution >= 4 is 46.7 Å². The maximum Gasteiger partial charge on any atom is 0.344 e. The zero-order valence-corrected chi connectivity index (χ0v) is 16.1. The lowest BCUT2D eigenvalue weighted by Gasteiger charge is -2.14. The molecule has 0 spiro atoms. The number of ether oxygens (including phenoxy) is 2. The number of halogens is 3. The Morgan fingerprint density at radius 1 is 1.00 bits per heavy atom. The van der Waals surface area contributed by atoms with E-state index in [9.17, 15) is 9.59 Å². The molecule has 0 aliphatic heterocycles. The van der Waals surface area contributed by atoms with Crippen LogP contribution in [0.3, 0.4) is 0 Å². The Morgan fingerprint density at radius 3 is 2.35 bits per heavy atom. The summed E-state index contributed by atoms with van der Waals surface area (Å²) in [6.07, 6.45) is 0. The first-order valence-corrected chi connectivity index (χ1v) is 8.77. The molecule has 138 valence electrons. The van der Waals surface area contributed by atoms with E-state index in [2.05, 4.69) is 5.32 Å². The molecule has 5 nitrogen and oxygen atoms in total. The molecule has 26 heavy (non-hydrogen) atoms. The highest BCUT2D eigenvalue weighted by Crippen LogP contribution is 2.33. The van der Waals surface area contributed by atoms with Crippen molar-refractivity contribution in [1.82, 2.24) is 5.32 Å². The van der Waals surface area contributed by atoms with E-state index in [-0.39, 0.29) is 26.9 Å². The van der Waals surface area contributed by atoms with E-state index >= 15 is 0 Å². The van der Waals surface area contributed by atoms with Crippen molar-refractivity contribution in [2.24, 2.45) is 0 Å². The minimum absolute atomic E-state index is 0.195. The van der Waals surface area contributed by atoms with Crippen molar-refractivity contribution in [3.05, 3.63) is 63.1 Å². The third-order valence-corrected chi connectivity index (χ3v) is 4.38. The van der Waals surface area contributed by atoms with Gasteiger partial charge in [0.15, 0.2) is 13.2 Å². The fraction of sp³-hybridized carbons (Fsp3) is 0.222. The summed E-state index contributed by atoms with van der Waals surface area (Å²) in [5.74, 6) is -0.933. The molecule has 0 aromatic heterocycles. The largest absolute Gasteiger partial charge is 0.480 e. The lowest BCUT2D eigenvalue weighted by molar-refractivity contribution is -0.150. The smallest absolute Gasteiger partial charge is 0.344 e. The van der Waals surface area contributed by atoms with E-state index in [1.165, 1.54) is 12.1 Å². The van der Waals surface area contributed by atoms with Gasteiger partial charge < -0.3 is 14.8 Å². The summed E-state index contributed by atoms with van der Waals surface area (Å²) in [7, 11) is 0. The predicted molar refractivity (Wildman–Crippen MR) is 101 cm³/mol. The number of benzene rings is 2. The van der Waals surface area contributed by atoms with Crippen molar-refractivity contribution in [3.63, 3.8) is 0 Å². The van der Waals surface area contributed by atoms with Gasteiger partial charge in [0.2, 0.25) is 0 Å². The van der Waals surface area contributed by atoms with E-state index in [0.29, 0.717) is 0 Å². The second kappa shape index (κ2) is 9.67. The number of carbonyl (C=O) groups excluding carboxylic acids is 2. The predicted octanol–water partition coefficient (Wildman–Crippen LogP) is 4.45. The number of carbonyl (C=O) groups is 2. The molecule has 2 aromatic carbocycles. The van der Waals surface area contributed by atoms with Gasteiger partial charge in [0.05, 0.1) is 21.1 Å². The highest BCUT2D eigenvalue weighted by atomic mass is 35.5. The molecule has 0 saturated heterocycles. The third kappa shape index (κ3) is 6.09. The van der Waals surface area contributed by atoms with Gasteiger partial charge in [-0.3, -0.25) is 4.79 Å². The molecule has 0 bridgehead atoms. The van der Waals surface area contributed by atoms with Gasteiger partial charge in [0.1, 0.15) is 5.75 Å². The fourth-order valence-electron chi connectivity index (χ4n) is 2.05. The molecule has 1 unspecified atom stereocenters. The standard InChI is InChI=1S/C18H16Cl3NO4/c1-11(12-5-3-2-4-6-12)22-17(23)9-26-18(24)10-25-16-8-14(20)13(19)7-15(16)21/h2-8,11H,9-10H2,1H3,(H,22,23). The number of rotatable bonds is 7. The molecule has 1 amide bonds. The molecule has 0 aliphatic rings. The number of hydrogen-bond donors (Lipinski definition) is 1. The third-order valence-electron chi connectivity index (χ3n) is 3.36. The Balaban J connectivity index is 1.76. The number of nitrogens with one attached hydrogen (secondary N) is 1. The Hall–Kier alpha value is -1.95. The normalized spacial score (nSPS) is 11.5. The first-order chi connectivity index (χ1) is 12.4. The van der Waals surface area contributed by atoms with Crippen LogP contribution in [0.25, 0.3) is 0 Å². The Bertz CT molecular complexity index is 784. The van der Waals surface area contributed by atoms with E-state index < -0.39 is 25.1 Å². The highest BCUT2D eigenvalue weighted by Gasteiger charge is 2.13. The van der Waals surface area contributed by atoms with Gasteiger partial charge in [-0.15, -0.1) is 0 Å². The molecule has 8 heteroatoms. The van der Waals surface area contributed by atoms with Crippen LogP contribution in [0, 0.1) is 0 Å². The van der Waals surface area contributed by atoms with Crippen LogP contribution >= 0.6 is 34.8 Å². The molecule has 1 N–H and O–H groups in total. The second-order valence-corrected chi connectivity index (χ2v) is 6.57. The van der Waals surface area contributed by atoms with Crippen LogP contribution in [-0.4, -0.2) is 25.1 Å². The van der Waals surface area contributed by atoms with Gasteiger partial charge >= 0.3 is 5.97 Å². The van der Waals surface area contributed by atoms with Crippen molar-refractivity contribution in [2.45, 2.75) is 13.0 Å². The number of hydrogen-bond acceptors (Lipinski definition) is 4. The molecular formula is C18H16Cl3NO4. The zero-order valence-electron chi connectivity index (χ0n) is 13.8. The van der Waals surface area contributed by atoms with Crippen molar-refractivity contribution in [3.8, 4) is 5.75 Å². The summed E-state index contributed by atoms with van der Waals surface area (Å²) in [5, 5.41) is 3.47. The molecule has 0 fully saturated rings. The monoisotopic (exact) mass is 415 g/mol. The summed E-state index contributed by atoms with van der Waals surface area (Å²) < 4.78 is 10.1. The minimum Gasteiger partial charge on any atom is -0.480 e. The fourth-order valence-corrected chi connectivity index (χ4v) is 2.64. The van der Waals surface area contributed by atoms with Crippen LogP contribution in [0.1, 0.15) is 18.5 Å². The first-order valence-electron chi connectivity index (χ1n) is 7.64. The average Bonchev–Trinajstić information content (AvgIpc) is 2.62. The molecule has 0 heterocycles. The SMILES string of the molecule is CC(NC(=O)COC(=O)COc1cc(Cl)c(Cl)cc1Cl)c1ccccc1.